The van der Waals surface area contributed by atoms with Crippen LogP contribution < -0.4 is 15.8 Å². The van der Waals surface area contributed by atoms with Gasteiger partial charge in [-0.15, -0.1) is 0 Å². The van der Waals surface area contributed by atoms with E-state index in [0.29, 0.717) is 12.3 Å². The standard InChI is InChI=1S/C16H18N2O3/c1-11(19)18-8-7-12-3-2-4-13-9-14(5-6-15(12)13)21-10-16(17)20/h2-6,9H,7-8,10H2,1H3,(H2,17,20)(H,18,19). The van der Waals surface area contributed by atoms with Gasteiger partial charge in [0.15, 0.2) is 6.61 Å². The van der Waals surface area contributed by atoms with E-state index in [1.165, 1.54) is 6.92 Å². The van der Waals surface area contributed by atoms with Gasteiger partial charge in [0.05, 0.1) is 0 Å². The largest absolute Gasteiger partial charge is 0.484 e. The van der Waals surface area contributed by atoms with Crippen molar-refractivity contribution in [2.45, 2.75) is 13.3 Å². The molecule has 0 spiro atoms. The average Bonchev–Trinajstić information content (AvgIpc) is 2.44. The molecule has 2 aromatic carbocycles. The van der Waals surface area contributed by atoms with Crippen molar-refractivity contribution in [2.24, 2.45) is 5.73 Å². The smallest absolute Gasteiger partial charge is 0.255 e. The molecule has 0 aliphatic rings. The van der Waals surface area contributed by atoms with Gasteiger partial charge >= 0.3 is 0 Å². The Morgan fingerprint density at radius 2 is 2.05 bits per heavy atom. The van der Waals surface area contributed by atoms with Gasteiger partial charge in [-0.05, 0) is 34.9 Å². The summed E-state index contributed by atoms with van der Waals surface area (Å²) in [4.78, 5) is 21.6. The van der Waals surface area contributed by atoms with E-state index >= 15 is 0 Å². The quantitative estimate of drug-likeness (QED) is 0.841. The number of carbonyl (C=O) groups excluding carboxylic acids is 2. The number of primary amides is 1. The summed E-state index contributed by atoms with van der Waals surface area (Å²) in [5.41, 5.74) is 6.21. The minimum Gasteiger partial charge on any atom is -0.484 e. The number of hydrogen-bond donors (Lipinski definition) is 2. The fourth-order valence-electron chi connectivity index (χ4n) is 2.16. The SMILES string of the molecule is CC(=O)NCCc1cccc2cc(OCC(N)=O)ccc12. The maximum absolute atomic E-state index is 10.9. The second kappa shape index (κ2) is 6.74. The summed E-state index contributed by atoms with van der Waals surface area (Å²) in [6.07, 6.45) is 0.762. The summed E-state index contributed by atoms with van der Waals surface area (Å²) in [7, 11) is 0. The highest BCUT2D eigenvalue weighted by atomic mass is 16.5. The van der Waals surface area contributed by atoms with Crippen LogP contribution in [-0.4, -0.2) is 25.0 Å². The summed E-state index contributed by atoms with van der Waals surface area (Å²) in [6, 6.07) is 11.6. The fourth-order valence-corrected chi connectivity index (χ4v) is 2.16. The number of benzene rings is 2. The van der Waals surface area contributed by atoms with Crippen molar-refractivity contribution in [3.05, 3.63) is 42.0 Å². The first-order valence-corrected chi connectivity index (χ1v) is 6.73. The number of fused-ring (bicyclic) bond motifs is 1. The molecule has 2 amide bonds. The molecule has 0 heterocycles. The van der Waals surface area contributed by atoms with E-state index in [2.05, 4.69) is 5.32 Å². The van der Waals surface area contributed by atoms with Crippen molar-refractivity contribution >= 4 is 22.6 Å². The highest BCUT2D eigenvalue weighted by Gasteiger charge is 2.04. The number of nitrogens with one attached hydrogen (secondary N) is 1. The Kier molecular flexibility index (Phi) is 4.77. The Morgan fingerprint density at radius 3 is 2.76 bits per heavy atom. The summed E-state index contributed by atoms with van der Waals surface area (Å²) >= 11 is 0. The number of amides is 2. The minimum absolute atomic E-state index is 0.0302. The maximum atomic E-state index is 10.9. The van der Waals surface area contributed by atoms with Crippen molar-refractivity contribution in [3.63, 3.8) is 0 Å². The summed E-state index contributed by atoms with van der Waals surface area (Å²) in [6.45, 7) is 1.98. The van der Waals surface area contributed by atoms with Crippen LogP contribution in [0.15, 0.2) is 36.4 Å². The molecule has 2 rings (SSSR count). The molecule has 2 aromatic rings. The molecule has 3 N–H and O–H groups in total. The van der Waals surface area contributed by atoms with Gasteiger partial charge in [-0.2, -0.15) is 0 Å². The van der Waals surface area contributed by atoms with Crippen LogP contribution in [0.2, 0.25) is 0 Å². The molecule has 0 saturated carbocycles. The maximum Gasteiger partial charge on any atom is 0.255 e. The molecule has 0 bridgehead atoms. The lowest BCUT2D eigenvalue weighted by Gasteiger charge is -2.09. The van der Waals surface area contributed by atoms with E-state index in [9.17, 15) is 9.59 Å². The highest BCUT2D eigenvalue weighted by Crippen LogP contribution is 2.24. The van der Waals surface area contributed by atoms with E-state index < -0.39 is 5.91 Å². The van der Waals surface area contributed by atoms with E-state index in [1.54, 1.807) is 0 Å². The van der Waals surface area contributed by atoms with Crippen molar-refractivity contribution in [2.75, 3.05) is 13.2 Å². The topological polar surface area (TPSA) is 81.4 Å². The Bertz CT molecular complexity index is 668. The van der Waals surface area contributed by atoms with Gasteiger partial charge in [-0.1, -0.05) is 24.3 Å². The summed E-state index contributed by atoms with van der Waals surface area (Å²) in [5.74, 6) is 0.0804. The Hall–Kier alpha value is -2.56. The van der Waals surface area contributed by atoms with Crippen LogP contribution in [0.5, 0.6) is 5.75 Å². The third-order valence-corrected chi connectivity index (χ3v) is 3.09. The van der Waals surface area contributed by atoms with Crippen LogP contribution in [0.4, 0.5) is 0 Å². The molecule has 0 unspecified atom stereocenters. The van der Waals surface area contributed by atoms with Gasteiger partial charge < -0.3 is 15.8 Å². The van der Waals surface area contributed by atoms with Gasteiger partial charge in [0.2, 0.25) is 5.91 Å². The molecule has 5 heteroatoms. The number of rotatable bonds is 6. The van der Waals surface area contributed by atoms with Crippen molar-refractivity contribution < 1.29 is 14.3 Å². The second-order valence-electron chi connectivity index (χ2n) is 4.79. The van der Waals surface area contributed by atoms with Crippen molar-refractivity contribution in [3.8, 4) is 5.75 Å². The second-order valence-corrected chi connectivity index (χ2v) is 4.79. The van der Waals surface area contributed by atoms with Gasteiger partial charge in [0.25, 0.3) is 5.91 Å². The molecular formula is C16H18N2O3. The molecule has 0 aliphatic heterocycles. The van der Waals surface area contributed by atoms with Crippen LogP contribution >= 0.6 is 0 Å². The number of carbonyl (C=O) groups is 2. The lowest BCUT2D eigenvalue weighted by molar-refractivity contribution is -0.120. The monoisotopic (exact) mass is 286 g/mol. The van der Waals surface area contributed by atoms with E-state index in [4.69, 9.17) is 10.5 Å². The molecule has 0 saturated heterocycles. The first-order chi connectivity index (χ1) is 10.1. The van der Waals surface area contributed by atoms with Gasteiger partial charge in [-0.3, -0.25) is 9.59 Å². The number of hydrogen-bond acceptors (Lipinski definition) is 3. The molecule has 110 valence electrons. The highest BCUT2D eigenvalue weighted by molar-refractivity contribution is 5.87. The Balaban J connectivity index is 2.17. The van der Waals surface area contributed by atoms with Crippen LogP contribution in [0, 0.1) is 0 Å². The van der Waals surface area contributed by atoms with Crippen LogP contribution in [0.3, 0.4) is 0 Å². The Morgan fingerprint density at radius 1 is 1.24 bits per heavy atom. The zero-order valence-corrected chi connectivity index (χ0v) is 11.9. The fraction of sp³-hybridized carbons (Fsp3) is 0.250. The summed E-state index contributed by atoms with van der Waals surface area (Å²) < 4.78 is 5.30. The van der Waals surface area contributed by atoms with E-state index in [-0.39, 0.29) is 12.5 Å². The lowest BCUT2D eigenvalue weighted by atomic mass is 10.0. The van der Waals surface area contributed by atoms with Gasteiger partial charge in [0, 0.05) is 13.5 Å². The first-order valence-electron chi connectivity index (χ1n) is 6.73. The number of ether oxygens (including phenoxy) is 1. The molecule has 0 fully saturated rings. The summed E-state index contributed by atoms with van der Waals surface area (Å²) in [5, 5.41) is 4.92. The molecule has 0 radical (unpaired) electrons. The first kappa shape index (κ1) is 14.8. The zero-order chi connectivity index (χ0) is 15.2. The molecular weight excluding hydrogens is 268 g/mol. The molecule has 0 aromatic heterocycles. The van der Waals surface area contributed by atoms with Crippen molar-refractivity contribution in [1.29, 1.82) is 0 Å². The average molecular weight is 286 g/mol. The predicted molar refractivity (Wildman–Crippen MR) is 81.0 cm³/mol. The normalized spacial score (nSPS) is 10.3. The predicted octanol–water partition coefficient (Wildman–Crippen LogP) is 1.38. The Labute approximate surface area is 123 Å². The van der Waals surface area contributed by atoms with Gasteiger partial charge in [-0.25, -0.2) is 0 Å². The molecule has 0 aliphatic carbocycles. The minimum atomic E-state index is -0.501. The third-order valence-electron chi connectivity index (χ3n) is 3.09. The van der Waals surface area contributed by atoms with E-state index in [1.807, 2.05) is 36.4 Å². The van der Waals surface area contributed by atoms with Gasteiger partial charge in [0.1, 0.15) is 5.75 Å². The van der Waals surface area contributed by atoms with Crippen LogP contribution in [0.25, 0.3) is 10.8 Å². The van der Waals surface area contributed by atoms with Crippen molar-refractivity contribution in [1.82, 2.24) is 5.32 Å². The van der Waals surface area contributed by atoms with Crippen LogP contribution in [-0.2, 0) is 16.0 Å². The molecule has 0 atom stereocenters. The molecule has 21 heavy (non-hydrogen) atoms. The third kappa shape index (κ3) is 4.21. The van der Waals surface area contributed by atoms with Crippen LogP contribution in [0.1, 0.15) is 12.5 Å². The molecule has 5 nitrogen and oxygen atoms in total. The number of nitrogens with two attached hydrogens (primary N) is 1. The van der Waals surface area contributed by atoms with E-state index in [0.717, 1.165) is 22.8 Å². The lowest BCUT2D eigenvalue weighted by Crippen LogP contribution is -2.22. The zero-order valence-electron chi connectivity index (χ0n) is 11.9.